The fraction of sp³-hybridized carbons (Fsp3) is 0.645. The molecule has 2 fully saturated rings. The summed E-state index contributed by atoms with van der Waals surface area (Å²) in [5.41, 5.74) is -1.63. The van der Waals surface area contributed by atoms with E-state index in [-0.39, 0.29) is 25.2 Å². The van der Waals surface area contributed by atoms with E-state index >= 15 is 0 Å². The molecule has 0 unspecified atom stereocenters. The molecule has 12 heteroatoms. The van der Waals surface area contributed by atoms with Gasteiger partial charge in [-0.3, -0.25) is 14.9 Å². The Balaban J connectivity index is 1.47. The number of alkyl carbamates (subject to hydrolysis) is 1. The van der Waals surface area contributed by atoms with Gasteiger partial charge < -0.3 is 29.3 Å². The van der Waals surface area contributed by atoms with Gasteiger partial charge in [-0.2, -0.15) is 0 Å². The van der Waals surface area contributed by atoms with Gasteiger partial charge in [0.2, 0.25) is 17.5 Å². The van der Waals surface area contributed by atoms with Gasteiger partial charge in [-0.1, -0.05) is 30.3 Å². The van der Waals surface area contributed by atoms with Crippen LogP contribution >= 0.6 is 0 Å². The van der Waals surface area contributed by atoms with Crippen LogP contribution in [0.25, 0.3) is 0 Å². The summed E-state index contributed by atoms with van der Waals surface area (Å²) in [5, 5.41) is 5.02. The molecule has 4 amide bonds. The number of carbonyl (C=O) groups excluding carboxylic acids is 5. The Morgan fingerprint density at radius 1 is 0.907 bits per heavy atom. The molecule has 0 bridgehead atoms. The van der Waals surface area contributed by atoms with E-state index in [9.17, 15) is 24.0 Å². The molecule has 0 spiro atoms. The highest BCUT2D eigenvalue weighted by molar-refractivity contribution is 5.91. The first kappa shape index (κ1) is 33.7. The van der Waals surface area contributed by atoms with E-state index in [4.69, 9.17) is 14.2 Å². The Kier molecular flexibility index (Phi) is 11.8. The minimum absolute atomic E-state index is 0.0135. The third-order valence-corrected chi connectivity index (χ3v) is 7.71. The Morgan fingerprint density at radius 2 is 1.58 bits per heavy atom. The molecule has 2 aliphatic rings. The molecule has 12 nitrogen and oxygen atoms in total. The predicted octanol–water partition coefficient (Wildman–Crippen LogP) is 3.58. The van der Waals surface area contributed by atoms with Crippen molar-refractivity contribution in [3.05, 3.63) is 35.9 Å². The van der Waals surface area contributed by atoms with E-state index in [2.05, 4.69) is 10.6 Å². The molecule has 0 aliphatic carbocycles. The Morgan fingerprint density at radius 3 is 2.21 bits per heavy atom. The summed E-state index contributed by atoms with van der Waals surface area (Å²) in [5.74, 6) is -1.58. The molecule has 2 heterocycles. The Labute approximate surface area is 253 Å². The summed E-state index contributed by atoms with van der Waals surface area (Å²) in [7, 11) is 1.16. The summed E-state index contributed by atoms with van der Waals surface area (Å²) in [6, 6.07) is 9.04. The van der Waals surface area contributed by atoms with E-state index in [1.165, 1.54) is 6.92 Å². The molecule has 0 radical (unpaired) electrons. The summed E-state index contributed by atoms with van der Waals surface area (Å²) >= 11 is 0. The van der Waals surface area contributed by atoms with Crippen molar-refractivity contribution in [3.8, 4) is 0 Å². The lowest BCUT2D eigenvalue weighted by atomic mass is 9.91. The van der Waals surface area contributed by atoms with Gasteiger partial charge in [0.15, 0.2) is 0 Å². The number of benzene rings is 1. The zero-order valence-corrected chi connectivity index (χ0v) is 26.0. The minimum atomic E-state index is -1.86. The summed E-state index contributed by atoms with van der Waals surface area (Å²) < 4.78 is 15.5. The predicted molar refractivity (Wildman–Crippen MR) is 157 cm³/mol. The minimum Gasteiger partial charge on any atom is -0.466 e. The van der Waals surface area contributed by atoms with Crippen LogP contribution in [0.15, 0.2) is 30.3 Å². The number of nitrogens with one attached hydrogen (secondary N) is 2. The lowest BCUT2D eigenvalue weighted by molar-refractivity contribution is -0.152. The monoisotopic (exact) mass is 602 g/mol. The fourth-order valence-electron chi connectivity index (χ4n) is 5.28. The maximum absolute atomic E-state index is 13.2. The first-order valence-electron chi connectivity index (χ1n) is 14.9. The number of likely N-dealkylation sites (tertiary alicyclic amines) is 2. The number of esters is 1. The molecule has 2 saturated heterocycles. The highest BCUT2D eigenvalue weighted by Gasteiger charge is 2.41. The first-order valence-corrected chi connectivity index (χ1v) is 14.9. The highest BCUT2D eigenvalue weighted by Crippen LogP contribution is 2.25. The number of nitrogens with zero attached hydrogens (tertiary/aromatic N) is 2. The van der Waals surface area contributed by atoms with Gasteiger partial charge in [0.05, 0.1) is 13.0 Å². The number of piperidine rings is 2. The third kappa shape index (κ3) is 10.4. The molecule has 0 aromatic heterocycles. The van der Waals surface area contributed by atoms with Crippen LogP contribution in [0.1, 0.15) is 71.8 Å². The second kappa shape index (κ2) is 15.1. The number of hydrogen-bond acceptors (Lipinski definition) is 8. The van der Waals surface area contributed by atoms with Gasteiger partial charge in [-0.25, -0.2) is 14.4 Å². The molecule has 1 aromatic rings. The molecule has 2 aliphatic heterocycles. The summed E-state index contributed by atoms with van der Waals surface area (Å²) in [6.45, 7) is 8.83. The van der Waals surface area contributed by atoms with Crippen molar-refractivity contribution >= 4 is 30.0 Å². The second-order valence-electron chi connectivity index (χ2n) is 12.4. The standard InChI is InChI=1S/C31H46N4O8/c1-30(2,3)43-29(40)34-18-15-22(16-19-34)13-14-25(36)35-17-9-12-24(20-35)26(37)32-31(4,27(38)41-5)33-28(39)42-21-23-10-7-6-8-11-23/h6-8,10-11,22,24H,9,12-21H2,1-5H3,(H,32,37)(H,33,39)/t24-,31+/m0/s1. The van der Waals surface area contributed by atoms with Crippen LogP contribution in [-0.4, -0.2) is 84.3 Å². The average molecular weight is 603 g/mol. The summed E-state index contributed by atoms with van der Waals surface area (Å²) in [6.07, 6.45) is 2.67. The van der Waals surface area contributed by atoms with Crippen molar-refractivity contribution in [2.75, 3.05) is 33.3 Å². The lowest BCUT2D eigenvalue weighted by Crippen LogP contribution is -2.65. The maximum atomic E-state index is 13.2. The smallest absolute Gasteiger partial charge is 0.410 e. The van der Waals surface area contributed by atoms with Crippen LogP contribution in [0.4, 0.5) is 9.59 Å². The fourth-order valence-corrected chi connectivity index (χ4v) is 5.28. The van der Waals surface area contributed by atoms with E-state index in [1.807, 2.05) is 39.0 Å². The zero-order valence-electron chi connectivity index (χ0n) is 26.0. The van der Waals surface area contributed by atoms with Crippen molar-refractivity contribution in [2.45, 2.75) is 84.1 Å². The highest BCUT2D eigenvalue weighted by atomic mass is 16.6. The summed E-state index contributed by atoms with van der Waals surface area (Å²) in [4.78, 5) is 67.1. The molecular formula is C31H46N4O8. The van der Waals surface area contributed by atoms with E-state index < -0.39 is 35.2 Å². The number of ether oxygens (including phenoxy) is 3. The lowest BCUT2D eigenvalue weighted by Gasteiger charge is -2.36. The number of methoxy groups -OCH3 is 1. The molecule has 2 N–H and O–H groups in total. The number of amides is 4. The van der Waals surface area contributed by atoms with Crippen LogP contribution in [0.5, 0.6) is 0 Å². The van der Waals surface area contributed by atoms with Gasteiger partial charge in [-0.05, 0) is 71.3 Å². The molecule has 3 rings (SSSR count). The molecule has 238 valence electrons. The molecular weight excluding hydrogens is 556 g/mol. The zero-order chi connectivity index (χ0) is 31.6. The number of hydrogen-bond donors (Lipinski definition) is 2. The SMILES string of the molecule is COC(=O)[C@@](C)(NC(=O)OCc1ccccc1)NC(=O)[C@H]1CCCN(C(=O)CCC2CCN(C(=O)OC(C)(C)C)CC2)C1. The van der Waals surface area contributed by atoms with Gasteiger partial charge in [0.25, 0.3) is 0 Å². The molecule has 0 saturated carbocycles. The van der Waals surface area contributed by atoms with Crippen LogP contribution in [0, 0.1) is 11.8 Å². The molecule has 2 atom stereocenters. The van der Waals surface area contributed by atoms with E-state index in [0.29, 0.717) is 51.2 Å². The molecule has 1 aromatic carbocycles. The molecule has 43 heavy (non-hydrogen) atoms. The van der Waals surface area contributed by atoms with Crippen LogP contribution in [0.2, 0.25) is 0 Å². The van der Waals surface area contributed by atoms with E-state index in [0.717, 1.165) is 25.5 Å². The van der Waals surface area contributed by atoms with Crippen LogP contribution in [0.3, 0.4) is 0 Å². The van der Waals surface area contributed by atoms with Crippen LogP contribution < -0.4 is 10.6 Å². The Bertz CT molecular complexity index is 1130. The topological polar surface area (TPSA) is 144 Å². The van der Waals surface area contributed by atoms with Crippen LogP contribution in [-0.2, 0) is 35.2 Å². The number of rotatable bonds is 9. The second-order valence-corrected chi connectivity index (χ2v) is 12.4. The first-order chi connectivity index (χ1) is 20.3. The van der Waals surface area contributed by atoms with Gasteiger partial charge >= 0.3 is 18.2 Å². The maximum Gasteiger partial charge on any atom is 0.410 e. The Hall–Kier alpha value is -3.83. The van der Waals surface area contributed by atoms with Crippen molar-refractivity contribution in [3.63, 3.8) is 0 Å². The third-order valence-electron chi connectivity index (χ3n) is 7.71. The van der Waals surface area contributed by atoms with Crippen molar-refractivity contribution < 1.29 is 38.2 Å². The van der Waals surface area contributed by atoms with E-state index in [1.54, 1.807) is 21.9 Å². The van der Waals surface area contributed by atoms with Gasteiger partial charge in [0, 0.05) is 32.6 Å². The quantitative estimate of drug-likeness (QED) is 0.248. The van der Waals surface area contributed by atoms with Gasteiger partial charge in [-0.15, -0.1) is 0 Å². The normalized spacial score (nSPS) is 19.0. The van der Waals surface area contributed by atoms with Gasteiger partial charge in [0.1, 0.15) is 12.2 Å². The largest absolute Gasteiger partial charge is 0.466 e. The van der Waals surface area contributed by atoms with Crippen molar-refractivity contribution in [1.82, 2.24) is 20.4 Å². The van der Waals surface area contributed by atoms with Crippen molar-refractivity contribution in [2.24, 2.45) is 11.8 Å². The number of carbonyl (C=O) groups is 5. The average Bonchev–Trinajstić information content (AvgIpc) is 2.98. The van der Waals surface area contributed by atoms with Crippen molar-refractivity contribution in [1.29, 1.82) is 0 Å².